The van der Waals surface area contributed by atoms with Crippen LogP contribution in [0.1, 0.15) is 75.5 Å². The lowest BCUT2D eigenvalue weighted by atomic mass is 10.0. The van der Waals surface area contributed by atoms with Crippen LogP contribution in [0.5, 0.6) is 5.75 Å². The van der Waals surface area contributed by atoms with Crippen LogP contribution in [-0.2, 0) is 11.2 Å². The van der Waals surface area contributed by atoms with Gasteiger partial charge in [-0.3, -0.25) is 9.59 Å². The maximum Gasteiger partial charge on any atom is 0.337 e. The second-order valence-electron chi connectivity index (χ2n) is 9.97. The van der Waals surface area contributed by atoms with Gasteiger partial charge in [0.25, 0.3) is 11.8 Å². The molecule has 0 aliphatic rings. The Bertz CT molecular complexity index is 1280. The summed E-state index contributed by atoms with van der Waals surface area (Å²) in [5.41, 5.74) is 3.46. The monoisotopic (exact) mass is 534 g/mol. The predicted octanol–water partition coefficient (Wildman–Crippen LogP) is 6.59. The number of rotatable bonds is 7. The van der Waals surface area contributed by atoms with Crippen molar-refractivity contribution in [3.63, 3.8) is 0 Å². The Balaban J connectivity index is 2.02. The Morgan fingerprint density at radius 2 is 1.34 bits per heavy atom. The first-order chi connectivity index (χ1) is 17.9. The number of ether oxygens (including phenoxy) is 1. The molecule has 2 amide bonds. The zero-order chi connectivity index (χ0) is 28.0. The average Bonchev–Trinajstić information content (AvgIpc) is 2.89. The number of methoxy groups -OCH3 is 1. The molecule has 0 heterocycles. The third kappa shape index (κ3) is 6.95. The van der Waals surface area contributed by atoms with Crippen LogP contribution in [0.15, 0.2) is 66.7 Å². The molecule has 0 saturated carbocycles. The van der Waals surface area contributed by atoms with Crippen molar-refractivity contribution in [3.8, 4) is 5.75 Å². The van der Waals surface area contributed by atoms with Crippen LogP contribution >= 0.6 is 12.2 Å². The van der Waals surface area contributed by atoms with Gasteiger partial charge in [-0.1, -0.05) is 36.2 Å². The third-order valence-electron chi connectivity index (χ3n) is 5.74. The molecule has 0 aliphatic carbocycles. The normalized spacial score (nSPS) is 11.0. The average molecular weight is 535 g/mol. The summed E-state index contributed by atoms with van der Waals surface area (Å²) in [6, 6.07) is 19.3. The van der Waals surface area contributed by atoms with Gasteiger partial charge in [-0.25, -0.2) is 9.80 Å². The molecule has 3 aromatic carbocycles. The molecule has 3 aromatic rings. The highest BCUT2D eigenvalue weighted by atomic mass is 32.2. The summed E-state index contributed by atoms with van der Waals surface area (Å²) in [5.74, 6) is -0.805. The molecular formula is C30H34N2O5S. The minimum atomic E-state index is -0.778. The van der Waals surface area contributed by atoms with Gasteiger partial charge in [-0.05, 0) is 95.1 Å². The summed E-state index contributed by atoms with van der Waals surface area (Å²) in [7, 11) is 1.31. The lowest BCUT2D eigenvalue weighted by Gasteiger charge is -2.41. The number of amides is 2. The number of hydrazine groups is 1. The first-order valence-corrected chi connectivity index (χ1v) is 13.0. The maximum absolute atomic E-state index is 13.9. The van der Waals surface area contributed by atoms with Gasteiger partial charge in [-0.2, -0.15) is 0 Å². The third-order valence-corrected chi connectivity index (χ3v) is 6.48. The zero-order valence-corrected chi connectivity index (χ0v) is 23.7. The second kappa shape index (κ2) is 12.2. The Morgan fingerprint density at radius 1 is 0.789 bits per heavy atom. The molecule has 8 heteroatoms. The molecule has 0 atom stereocenters. The van der Waals surface area contributed by atoms with Gasteiger partial charge in [0.05, 0.1) is 18.2 Å². The number of aryl methyl sites for hydroxylation is 3. The number of carbonyl (C=O) groups is 3. The fourth-order valence-electron chi connectivity index (χ4n) is 3.87. The molecule has 0 N–H and O–H groups in total. The fourth-order valence-corrected chi connectivity index (χ4v) is 4.70. The van der Waals surface area contributed by atoms with Crippen molar-refractivity contribution < 1.29 is 23.3 Å². The molecule has 3 rings (SSSR count). The predicted molar refractivity (Wildman–Crippen MR) is 150 cm³/mol. The second-order valence-corrected chi connectivity index (χ2v) is 10.6. The Labute approximate surface area is 229 Å². The van der Waals surface area contributed by atoms with E-state index in [1.54, 1.807) is 48.5 Å². The Kier molecular flexibility index (Phi) is 9.22. The van der Waals surface area contributed by atoms with Gasteiger partial charge in [0, 0.05) is 11.1 Å². The summed E-state index contributed by atoms with van der Waals surface area (Å²) in [4.78, 5) is 39.6. The van der Waals surface area contributed by atoms with E-state index in [1.165, 1.54) is 16.5 Å². The minimum Gasteiger partial charge on any atom is -0.465 e. The number of esters is 1. The Morgan fingerprint density at radius 3 is 1.84 bits per heavy atom. The lowest BCUT2D eigenvalue weighted by Crippen LogP contribution is -2.55. The van der Waals surface area contributed by atoms with E-state index in [2.05, 4.69) is 0 Å². The van der Waals surface area contributed by atoms with Crippen LogP contribution in [0.3, 0.4) is 0 Å². The van der Waals surface area contributed by atoms with E-state index in [4.69, 9.17) is 8.92 Å². The van der Waals surface area contributed by atoms with Crippen molar-refractivity contribution in [2.45, 2.75) is 53.5 Å². The highest BCUT2D eigenvalue weighted by Crippen LogP contribution is 2.30. The molecule has 0 bridgehead atoms. The highest BCUT2D eigenvalue weighted by Gasteiger charge is 2.38. The summed E-state index contributed by atoms with van der Waals surface area (Å²) in [5, 5.41) is 1.42. The van der Waals surface area contributed by atoms with E-state index in [1.807, 2.05) is 59.7 Å². The number of hydrogen-bond donors (Lipinski definition) is 0. The van der Waals surface area contributed by atoms with E-state index in [9.17, 15) is 14.4 Å². The SMILES string of the molecule is CCc1ccc(C(=O)N(N(SOc2ccc(C(=O)OC)cc2)C(=O)c2cc(C)cc(C)c2)C(C)(C)C)cc1. The molecule has 0 unspecified atom stereocenters. The summed E-state index contributed by atoms with van der Waals surface area (Å²) < 4.78 is 11.9. The maximum atomic E-state index is 13.9. The van der Waals surface area contributed by atoms with E-state index in [0.29, 0.717) is 22.4 Å². The van der Waals surface area contributed by atoms with E-state index in [0.717, 1.165) is 35.3 Å². The molecule has 0 aromatic heterocycles. The molecule has 0 fully saturated rings. The van der Waals surface area contributed by atoms with E-state index >= 15 is 0 Å². The quantitative estimate of drug-likeness (QED) is 0.147. The first kappa shape index (κ1) is 28.8. The number of nitrogens with zero attached hydrogens (tertiary/aromatic N) is 2. The standard InChI is InChI=1S/C30H34N2O5S/c1-8-22-9-11-23(12-10-22)27(33)31(30(4,5)6)32(28(34)25-18-20(2)17-21(3)19-25)38-37-26-15-13-24(14-16-26)29(35)36-7/h9-19H,8H2,1-7H3. The van der Waals surface area contributed by atoms with Gasteiger partial charge in [0.1, 0.15) is 5.75 Å². The van der Waals surface area contributed by atoms with E-state index < -0.39 is 17.4 Å². The molecule has 0 spiro atoms. The van der Waals surface area contributed by atoms with Crippen molar-refractivity contribution in [1.82, 2.24) is 9.42 Å². The largest absolute Gasteiger partial charge is 0.465 e. The fraction of sp³-hybridized carbons (Fsp3) is 0.300. The van der Waals surface area contributed by atoms with Crippen molar-refractivity contribution in [1.29, 1.82) is 0 Å². The minimum absolute atomic E-state index is 0.338. The number of hydrogen-bond acceptors (Lipinski definition) is 6. The zero-order valence-electron chi connectivity index (χ0n) is 22.9. The molecule has 200 valence electrons. The molecule has 0 aliphatic heterocycles. The van der Waals surface area contributed by atoms with Crippen LogP contribution in [0, 0.1) is 13.8 Å². The summed E-state index contributed by atoms with van der Waals surface area (Å²) in [6.07, 6.45) is 0.854. The van der Waals surface area contributed by atoms with Crippen LogP contribution in [0.4, 0.5) is 0 Å². The van der Waals surface area contributed by atoms with Crippen LogP contribution in [0.2, 0.25) is 0 Å². The smallest absolute Gasteiger partial charge is 0.337 e. The molecule has 38 heavy (non-hydrogen) atoms. The molecule has 0 saturated heterocycles. The van der Waals surface area contributed by atoms with Crippen LogP contribution in [0.25, 0.3) is 0 Å². The van der Waals surface area contributed by atoms with Gasteiger partial charge >= 0.3 is 5.97 Å². The van der Waals surface area contributed by atoms with Crippen molar-refractivity contribution in [2.24, 2.45) is 0 Å². The van der Waals surface area contributed by atoms with Crippen LogP contribution < -0.4 is 4.18 Å². The van der Waals surface area contributed by atoms with Crippen molar-refractivity contribution in [2.75, 3.05) is 7.11 Å². The number of benzene rings is 3. The van der Waals surface area contributed by atoms with Crippen molar-refractivity contribution in [3.05, 3.63) is 100 Å². The number of carbonyl (C=O) groups excluding carboxylic acids is 3. The van der Waals surface area contributed by atoms with Crippen LogP contribution in [-0.4, -0.2) is 39.9 Å². The van der Waals surface area contributed by atoms with Gasteiger partial charge in [0.2, 0.25) is 12.2 Å². The first-order valence-electron chi connectivity index (χ1n) is 12.3. The Hall–Kier alpha value is -3.78. The lowest BCUT2D eigenvalue weighted by molar-refractivity contribution is -0.00181. The summed E-state index contributed by atoms with van der Waals surface area (Å²) >= 11 is 0.748. The molecular weight excluding hydrogens is 500 g/mol. The van der Waals surface area contributed by atoms with Gasteiger partial charge in [-0.15, -0.1) is 4.41 Å². The molecule has 7 nitrogen and oxygen atoms in total. The van der Waals surface area contributed by atoms with Crippen molar-refractivity contribution >= 4 is 30.0 Å². The topological polar surface area (TPSA) is 76.2 Å². The highest BCUT2D eigenvalue weighted by molar-refractivity contribution is 7.93. The molecule has 0 radical (unpaired) electrons. The summed E-state index contributed by atoms with van der Waals surface area (Å²) in [6.45, 7) is 11.5. The van der Waals surface area contributed by atoms with Gasteiger partial charge < -0.3 is 8.92 Å². The van der Waals surface area contributed by atoms with E-state index in [-0.39, 0.29) is 5.91 Å². The van der Waals surface area contributed by atoms with Gasteiger partial charge in [0.15, 0.2) is 0 Å².